The van der Waals surface area contributed by atoms with Crippen molar-refractivity contribution in [1.29, 1.82) is 0 Å². The van der Waals surface area contributed by atoms with Gasteiger partial charge in [0, 0.05) is 25.4 Å². The van der Waals surface area contributed by atoms with Crippen molar-refractivity contribution >= 4 is 45.0 Å². The first-order valence-electron chi connectivity index (χ1n) is 5.30. The summed E-state index contributed by atoms with van der Waals surface area (Å²) in [5, 5.41) is 10.8. The van der Waals surface area contributed by atoms with Crippen molar-refractivity contribution in [2.45, 2.75) is 17.1 Å². The van der Waals surface area contributed by atoms with Gasteiger partial charge in [-0.2, -0.15) is 0 Å². The molecule has 2 rings (SSSR count). The van der Waals surface area contributed by atoms with Crippen LogP contribution in [0.25, 0.3) is 0 Å². The fourth-order valence-corrected chi connectivity index (χ4v) is 3.87. The maximum atomic E-state index is 10.6. The van der Waals surface area contributed by atoms with Crippen molar-refractivity contribution in [3.8, 4) is 0 Å². The highest BCUT2D eigenvalue weighted by Gasteiger charge is 2.02. The third-order valence-corrected chi connectivity index (χ3v) is 5.22. The molecule has 0 amide bonds. The van der Waals surface area contributed by atoms with Crippen LogP contribution in [0.5, 0.6) is 0 Å². The monoisotopic (exact) mass is 342 g/mol. The van der Waals surface area contributed by atoms with Crippen LogP contribution in [-0.2, 0) is 17.0 Å². The molecule has 1 N–H and O–H groups in total. The molecule has 0 aliphatic carbocycles. The Morgan fingerprint density at radius 3 is 2.61 bits per heavy atom. The van der Waals surface area contributed by atoms with Gasteiger partial charge in [0.05, 0.1) is 6.42 Å². The standard InChI is InChI=1S/C13H11BrO2S2/c14-10-6-12(17-7-10)8-18-11-3-1-9(2-4-11)5-13(15)16/h1-4,6-7H,5,8H2,(H,15,16). The van der Waals surface area contributed by atoms with Crippen molar-refractivity contribution in [1.82, 2.24) is 0 Å². The van der Waals surface area contributed by atoms with E-state index in [2.05, 4.69) is 27.4 Å². The molecule has 1 aromatic heterocycles. The van der Waals surface area contributed by atoms with Crippen LogP contribution in [0.2, 0.25) is 0 Å². The predicted octanol–water partition coefficient (Wildman–Crippen LogP) is 4.43. The van der Waals surface area contributed by atoms with Crippen LogP contribution in [0.4, 0.5) is 0 Å². The van der Waals surface area contributed by atoms with E-state index in [1.54, 1.807) is 23.1 Å². The van der Waals surface area contributed by atoms with Crippen LogP contribution in [-0.4, -0.2) is 11.1 Å². The molecule has 0 unspecified atom stereocenters. The highest BCUT2D eigenvalue weighted by Crippen LogP contribution is 2.28. The van der Waals surface area contributed by atoms with Gasteiger partial charge in [0.2, 0.25) is 0 Å². The molecule has 0 aliphatic rings. The van der Waals surface area contributed by atoms with Gasteiger partial charge in [-0.15, -0.1) is 23.1 Å². The second-order valence-corrected chi connectivity index (χ2v) is 6.69. The van der Waals surface area contributed by atoms with Gasteiger partial charge in [0.25, 0.3) is 0 Å². The molecule has 0 fully saturated rings. The number of carboxylic acids is 1. The van der Waals surface area contributed by atoms with Gasteiger partial charge in [-0.25, -0.2) is 0 Å². The highest BCUT2D eigenvalue weighted by atomic mass is 79.9. The van der Waals surface area contributed by atoms with Crippen LogP contribution in [0, 0.1) is 0 Å². The molecule has 2 aromatic rings. The van der Waals surface area contributed by atoms with E-state index in [9.17, 15) is 4.79 Å². The first kappa shape index (κ1) is 13.6. The molecule has 0 saturated heterocycles. The summed E-state index contributed by atoms with van der Waals surface area (Å²) >= 11 is 6.93. The predicted molar refractivity (Wildman–Crippen MR) is 79.4 cm³/mol. The Morgan fingerprint density at radius 1 is 1.33 bits per heavy atom. The summed E-state index contributed by atoms with van der Waals surface area (Å²) in [6.45, 7) is 0. The Bertz CT molecular complexity index is 534. The lowest BCUT2D eigenvalue weighted by molar-refractivity contribution is -0.136. The first-order valence-corrected chi connectivity index (χ1v) is 7.96. The summed E-state index contributed by atoms with van der Waals surface area (Å²) < 4.78 is 1.12. The molecule has 1 aromatic carbocycles. The zero-order valence-electron chi connectivity index (χ0n) is 9.43. The van der Waals surface area contributed by atoms with E-state index >= 15 is 0 Å². The maximum Gasteiger partial charge on any atom is 0.307 e. The largest absolute Gasteiger partial charge is 0.481 e. The average Bonchev–Trinajstić information content (AvgIpc) is 2.74. The zero-order valence-corrected chi connectivity index (χ0v) is 12.6. The van der Waals surface area contributed by atoms with Gasteiger partial charge in [-0.1, -0.05) is 12.1 Å². The summed E-state index contributed by atoms with van der Waals surface area (Å²) in [5.41, 5.74) is 0.839. The number of halogens is 1. The summed E-state index contributed by atoms with van der Waals surface area (Å²) in [7, 11) is 0. The summed E-state index contributed by atoms with van der Waals surface area (Å²) in [5.74, 6) is 0.146. The molecular weight excluding hydrogens is 332 g/mol. The summed E-state index contributed by atoms with van der Waals surface area (Å²) in [6, 6.07) is 9.83. The fourth-order valence-electron chi connectivity index (χ4n) is 1.46. The van der Waals surface area contributed by atoms with Gasteiger partial charge < -0.3 is 5.11 Å². The van der Waals surface area contributed by atoms with E-state index in [-0.39, 0.29) is 6.42 Å². The van der Waals surface area contributed by atoms with Gasteiger partial charge in [-0.05, 0) is 39.7 Å². The number of hydrogen-bond acceptors (Lipinski definition) is 3. The second-order valence-electron chi connectivity index (χ2n) is 3.73. The third kappa shape index (κ3) is 4.15. The number of carboxylic acid groups (broad SMARTS) is 1. The van der Waals surface area contributed by atoms with Gasteiger partial charge in [0.1, 0.15) is 0 Å². The van der Waals surface area contributed by atoms with Crippen molar-refractivity contribution in [3.05, 3.63) is 50.6 Å². The van der Waals surface area contributed by atoms with E-state index in [1.807, 2.05) is 24.3 Å². The molecule has 0 atom stereocenters. The number of aliphatic carboxylic acids is 1. The Morgan fingerprint density at radius 2 is 2.06 bits per heavy atom. The van der Waals surface area contributed by atoms with E-state index in [1.165, 1.54) is 4.88 Å². The maximum absolute atomic E-state index is 10.6. The lowest BCUT2D eigenvalue weighted by Crippen LogP contribution is -1.99. The lowest BCUT2D eigenvalue weighted by Gasteiger charge is -2.01. The average molecular weight is 343 g/mol. The van der Waals surface area contributed by atoms with Crippen LogP contribution >= 0.6 is 39.0 Å². The van der Waals surface area contributed by atoms with Gasteiger partial charge in [-0.3, -0.25) is 4.79 Å². The van der Waals surface area contributed by atoms with Gasteiger partial charge in [0.15, 0.2) is 0 Å². The normalized spacial score (nSPS) is 10.5. The minimum absolute atomic E-state index is 0.0861. The summed E-state index contributed by atoms with van der Waals surface area (Å²) in [4.78, 5) is 13.0. The van der Waals surface area contributed by atoms with Crippen molar-refractivity contribution in [2.75, 3.05) is 0 Å². The smallest absolute Gasteiger partial charge is 0.307 e. The molecule has 5 heteroatoms. The van der Waals surface area contributed by atoms with E-state index in [4.69, 9.17) is 5.11 Å². The number of hydrogen-bond donors (Lipinski definition) is 1. The van der Waals surface area contributed by atoms with Crippen LogP contribution in [0.1, 0.15) is 10.4 Å². The minimum Gasteiger partial charge on any atom is -0.481 e. The Hall–Kier alpha value is -0.780. The Kier molecular flexibility index (Phi) is 4.86. The van der Waals surface area contributed by atoms with Crippen LogP contribution in [0.3, 0.4) is 0 Å². The topological polar surface area (TPSA) is 37.3 Å². The number of benzene rings is 1. The second kappa shape index (κ2) is 6.41. The molecular formula is C13H11BrO2S2. The summed E-state index contributed by atoms with van der Waals surface area (Å²) in [6.07, 6.45) is 0.0861. The number of carbonyl (C=O) groups is 1. The zero-order chi connectivity index (χ0) is 13.0. The quantitative estimate of drug-likeness (QED) is 0.816. The lowest BCUT2D eigenvalue weighted by atomic mass is 10.2. The number of thioether (sulfide) groups is 1. The first-order chi connectivity index (χ1) is 8.63. The fraction of sp³-hybridized carbons (Fsp3) is 0.154. The van der Waals surface area contributed by atoms with Crippen LogP contribution < -0.4 is 0 Å². The molecule has 1 heterocycles. The Balaban J connectivity index is 1.92. The third-order valence-electron chi connectivity index (χ3n) is 2.28. The molecule has 18 heavy (non-hydrogen) atoms. The molecule has 0 bridgehead atoms. The molecule has 0 aliphatic heterocycles. The van der Waals surface area contributed by atoms with Crippen molar-refractivity contribution in [3.63, 3.8) is 0 Å². The molecule has 94 valence electrons. The van der Waals surface area contributed by atoms with E-state index < -0.39 is 5.97 Å². The van der Waals surface area contributed by atoms with Crippen LogP contribution in [0.15, 0.2) is 45.1 Å². The Labute approximate surface area is 122 Å². The number of rotatable bonds is 5. The van der Waals surface area contributed by atoms with E-state index in [0.717, 1.165) is 20.7 Å². The SMILES string of the molecule is O=C(O)Cc1ccc(SCc2cc(Br)cs2)cc1. The molecule has 0 radical (unpaired) electrons. The molecule has 0 spiro atoms. The van der Waals surface area contributed by atoms with Crippen molar-refractivity contribution in [2.24, 2.45) is 0 Å². The highest BCUT2D eigenvalue weighted by molar-refractivity contribution is 9.10. The van der Waals surface area contributed by atoms with E-state index in [0.29, 0.717) is 0 Å². The minimum atomic E-state index is -0.793. The molecule has 0 saturated carbocycles. The number of thiophene rings is 1. The van der Waals surface area contributed by atoms with Crippen molar-refractivity contribution < 1.29 is 9.90 Å². The van der Waals surface area contributed by atoms with Gasteiger partial charge >= 0.3 is 5.97 Å². The molecule has 2 nitrogen and oxygen atoms in total.